The summed E-state index contributed by atoms with van der Waals surface area (Å²) >= 11 is 0. The fourth-order valence-electron chi connectivity index (χ4n) is 2.84. The standard InChI is InChI=1S/C21H17FN4/c1-14-12-15(6-7-18(14)22)13-24-21-17-4-2-3-5-19(17)25-20(26-21)16-8-10-23-11-9-16/h2-12H,13H2,1H3,(H,24,25,26). The van der Waals surface area contributed by atoms with Crippen molar-refractivity contribution in [3.05, 3.63) is 83.9 Å². The first-order valence-corrected chi connectivity index (χ1v) is 8.37. The molecule has 0 amide bonds. The van der Waals surface area contributed by atoms with Gasteiger partial charge in [-0.25, -0.2) is 14.4 Å². The molecule has 0 bridgehead atoms. The Bertz CT molecular complexity index is 1060. The number of pyridine rings is 1. The number of nitrogens with one attached hydrogen (secondary N) is 1. The van der Waals surface area contributed by atoms with Crippen LogP contribution in [0, 0.1) is 12.7 Å². The fraction of sp³-hybridized carbons (Fsp3) is 0.0952. The maximum absolute atomic E-state index is 13.5. The normalized spacial score (nSPS) is 10.8. The van der Waals surface area contributed by atoms with Crippen LogP contribution in [0.1, 0.15) is 11.1 Å². The Morgan fingerprint density at radius 1 is 0.962 bits per heavy atom. The van der Waals surface area contributed by atoms with Crippen LogP contribution in [-0.4, -0.2) is 15.0 Å². The quantitative estimate of drug-likeness (QED) is 0.580. The molecule has 0 aliphatic heterocycles. The summed E-state index contributed by atoms with van der Waals surface area (Å²) in [5.74, 6) is 1.20. The lowest BCUT2D eigenvalue weighted by Crippen LogP contribution is -2.04. The van der Waals surface area contributed by atoms with E-state index in [2.05, 4.69) is 15.3 Å². The number of benzene rings is 2. The van der Waals surface area contributed by atoms with Gasteiger partial charge in [-0.05, 0) is 48.4 Å². The minimum absolute atomic E-state index is 0.193. The third kappa shape index (κ3) is 3.24. The van der Waals surface area contributed by atoms with Crippen LogP contribution in [-0.2, 0) is 6.54 Å². The minimum atomic E-state index is -0.193. The van der Waals surface area contributed by atoms with Gasteiger partial charge in [0.15, 0.2) is 5.82 Å². The van der Waals surface area contributed by atoms with Crippen LogP contribution in [0.5, 0.6) is 0 Å². The molecule has 0 spiro atoms. The lowest BCUT2D eigenvalue weighted by atomic mass is 10.1. The van der Waals surface area contributed by atoms with Gasteiger partial charge < -0.3 is 5.32 Å². The van der Waals surface area contributed by atoms with Crippen LogP contribution in [0.25, 0.3) is 22.3 Å². The molecule has 4 rings (SSSR count). The number of halogens is 1. The number of para-hydroxylation sites is 1. The SMILES string of the molecule is Cc1cc(CNc2nc(-c3ccncc3)nc3ccccc23)ccc1F. The smallest absolute Gasteiger partial charge is 0.162 e. The number of hydrogen-bond donors (Lipinski definition) is 1. The van der Waals surface area contributed by atoms with Gasteiger partial charge in [-0.3, -0.25) is 4.98 Å². The van der Waals surface area contributed by atoms with Crippen LogP contribution >= 0.6 is 0 Å². The summed E-state index contributed by atoms with van der Waals surface area (Å²) in [5, 5.41) is 4.32. The van der Waals surface area contributed by atoms with E-state index in [-0.39, 0.29) is 5.82 Å². The Labute approximate surface area is 150 Å². The number of aromatic nitrogens is 3. The molecule has 0 unspecified atom stereocenters. The first-order valence-electron chi connectivity index (χ1n) is 8.37. The molecule has 0 atom stereocenters. The van der Waals surface area contributed by atoms with Gasteiger partial charge in [-0.15, -0.1) is 0 Å². The second-order valence-electron chi connectivity index (χ2n) is 6.09. The van der Waals surface area contributed by atoms with Crippen molar-refractivity contribution in [1.82, 2.24) is 15.0 Å². The van der Waals surface area contributed by atoms with E-state index in [4.69, 9.17) is 4.98 Å². The van der Waals surface area contributed by atoms with Gasteiger partial charge in [-0.2, -0.15) is 0 Å². The number of aryl methyl sites for hydroxylation is 1. The molecular formula is C21H17FN4. The van der Waals surface area contributed by atoms with E-state index in [1.807, 2.05) is 42.5 Å². The van der Waals surface area contributed by atoms with E-state index < -0.39 is 0 Å². The Kier molecular flexibility index (Phi) is 4.27. The topological polar surface area (TPSA) is 50.7 Å². The molecule has 0 aliphatic carbocycles. The first-order chi connectivity index (χ1) is 12.7. The number of anilines is 1. The zero-order chi connectivity index (χ0) is 17.9. The Hall–Kier alpha value is -3.34. The van der Waals surface area contributed by atoms with Gasteiger partial charge in [-0.1, -0.05) is 24.3 Å². The molecule has 0 aliphatic rings. The van der Waals surface area contributed by atoms with Gasteiger partial charge in [0, 0.05) is 29.9 Å². The monoisotopic (exact) mass is 344 g/mol. The highest BCUT2D eigenvalue weighted by molar-refractivity contribution is 5.90. The van der Waals surface area contributed by atoms with Crippen molar-refractivity contribution < 1.29 is 4.39 Å². The highest BCUT2D eigenvalue weighted by Gasteiger charge is 2.09. The second-order valence-corrected chi connectivity index (χ2v) is 6.09. The summed E-state index contributed by atoms with van der Waals surface area (Å²) in [4.78, 5) is 13.4. The van der Waals surface area contributed by atoms with E-state index >= 15 is 0 Å². The number of rotatable bonds is 4. The maximum atomic E-state index is 13.5. The molecule has 0 saturated carbocycles. The highest BCUT2D eigenvalue weighted by atomic mass is 19.1. The number of nitrogens with zero attached hydrogens (tertiary/aromatic N) is 3. The van der Waals surface area contributed by atoms with E-state index in [9.17, 15) is 4.39 Å². The largest absolute Gasteiger partial charge is 0.365 e. The molecule has 1 N–H and O–H groups in total. The van der Waals surface area contributed by atoms with Crippen molar-refractivity contribution in [1.29, 1.82) is 0 Å². The van der Waals surface area contributed by atoms with Gasteiger partial charge in [0.1, 0.15) is 11.6 Å². The van der Waals surface area contributed by atoms with Crippen molar-refractivity contribution in [2.45, 2.75) is 13.5 Å². The molecule has 0 saturated heterocycles. The fourth-order valence-corrected chi connectivity index (χ4v) is 2.84. The molecule has 2 aromatic heterocycles. The molecule has 4 nitrogen and oxygen atoms in total. The van der Waals surface area contributed by atoms with Crippen LogP contribution < -0.4 is 5.32 Å². The average molecular weight is 344 g/mol. The predicted octanol–water partition coefficient (Wildman–Crippen LogP) is 4.75. The van der Waals surface area contributed by atoms with Crippen molar-refractivity contribution in [2.75, 3.05) is 5.32 Å². The Morgan fingerprint density at radius 3 is 2.58 bits per heavy atom. The molecule has 128 valence electrons. The molecule has 2 aromatic carbocycles. The maximum Gasteiger partial charge on any atom is 0.162 e. The zero-order valence-electron chi connectivity index (χ0n) is 14.3. The van der Waals surface area contributed by atoms with Crippen molar-refractivity contribution in [2.24, 2.45) is 0 Å². The molecule has 26 heavy (non-hydrogen) atoms. The van der Waals surface area contributed by atoms with Gasteiger partial charge >= 0.3 is 0 Å². The first kappa shape index (κ1) is 16.1. The Balaban J connectivity index is 1.72. The summed E-state index contributed by atoms with van der Waals surface area (Å²) in [6.07, 6.45) is 3.45. The summed E-state index contributed by atoms with van der Waals surface area (Å²) in [7, 11) is 0. The van der Waals surface area contributed by atoms with E-state index in [0.29, 0.717) is 17.9 Å². The molecule has 0 radical (unpaired) electrons. The zero-order valence-corrected chi connectivity index (χ0v) is 14.3. The van der Waals surface area contributed by atoms with E-state index in [1.54, 1.807) is 25.4 Å². The Morgan fingerprint density at radius 2 is 1.77 bits per heavy atom. The van der Waals surface area contributed by atoms with E-state index in [0.717, 1.165) is 27.8 Å². The number of fused-ring (bicyclic) bond motifs is 1. The van der Waals surface area contributed by atoms with Gasteiger partial charge in [0.2, 0.25) is 0 Å². The highest BCUT2D eigenvalue weighted by Crippen LogP contribution is 2.25. The van der Waals surface area contributed by atoms with Crippen molar-refractivity contribution in [3.63, 3.8) is 0 Å². The van der Waals surface area contributed by atoms with Crippen LogP contribution in [0.2, 0.25) is 0 Å². The molecule has 2 heterocycles. The van der Waals surface area contributed by atoms with Gasteiger partial charge in [0.05, 0.1) is 5.52 Å². The van der Waals surface area contributed by atoms with Crippen molar-refractivity contribution in [3.8, 4) is 11.4 Å². The van der Waals surface area contributed by atoms with Crippen molar-refractivity contribution >= 4 is 16.7 Å². The number of hydrogen-bond acceptors (Lipinski definition) is 4. The third-order valence-electron chi connectivity index (χ3n) is 4.22. The summed E-state index contributed by atoms with van der Waals surface area (Å²) in [6, 6.07) is 16.8. The van der Waals surface area contributed by atoms with Crippen LogP contribution in [0.15, 0.2) is 67.0 Å². The third-order valence-corrected chi connectivity index (χ3v) is 4.22. The van der Waals surface area contributed by atoms with E-state index in [1.165, 1.54) is 6.07 Å². The molecule has 5 heteroatoms. The second kappa shape index (κ2) is 6.88. The summed E-state index contributed by atoms with van der Waals surface area (Å²) in [6.45, 7) is 2.32. The minimum Gasteiger partial charge on any atom is -0.365 e. The van der Waals surface area contributed by atoms with Crippen LogP contribution in [0.3, 0.4) is 0 Å². The average Bonchev–Trinajstić information content (AvgIpc) is 2.69. The lowest BCUT2D eigenvalue weighted by molar-refractivity contribution is 0.617. The predicted molar refractivity (Wildman–Crippen MR) is 101 cm³/mol. The molecular weight excluding hydrogens is 327 g/mol. The van der Waals surface area contributed by atoms with Gasteiger partial charge in [0.25, 0.3) is 0 Å². The molecule has 0 fully saturated rings. The lowest BCUT2D eigenvalue weighted by Gasteiger charge is -2.11. The molecule has 4 aromatic rings. The van der Waals surface area contributed by atoms with Crippen LogP contribution in [0.4, 0.5) is 10.2 Å². The summed E-state index contributed by atoms with van der Waals surface area (Å²) < 4.78 is 13.5. The summed E-state index contributed by atoms with van der Waals surface area (Å²) in [5.41, 5.74) is 3.41.